The Labute approximate surface area is 124 Å². The Morgan fingerprint density at radius 1 is 1.32 bits per heavy atom. The number of hydrogen-bond acceptors (Lipinski definition) is 3. The molecule has 5 nitrogen and oxygen atoms in total. The number of carbonyl (C=O) groups excluding carboxylic acids is 2. The third-order valence-corrected chi connectivity index (χ3v) is 3.41. The monoisotopic (exact) mass is 316 g/mol. The number of hydrogen-bond donors (Lipinski definition) is 2. The number of halogens is 3. The molecular weight excluding hydrogens is 301 g/mol. The summed E-state index contributed by atoms with van der Waals surface area (Å²) in [5.74, 6) is -1.26. The molecule has 1 saturated heterocycles. The lowest BCUT2D eigenvalue weighted by Gasteiger charge is -2.37. The number of ether oxygens (including phenoxy) is 1. The van der Waals surface area contributed by atoms with Crippen molar-refractivity contribution < 1.29 is 27.5 Å². The molecule has 1 unspecified atom stereocenters. The molecule has 1 atom stereocenters. The zero-order chi connectivity index (χ0) is 16.2. The van der Waals surface area contributed by atoms with E-state index in [1.807, 2.05) is 0 Å². The summed E-state index contributed by atoms with van der Waals surface area (Å²) < 4.78 is 44.5. The van der Waals surface area contributed by atoms with E-state index in [2.05, 4.69) is 5.32 Å². The van der Waals surface area contributed by atoms with E-state index in [0.717, 1.165) is 0 Å². The minimum atomic E-state index is -4.90. The molecule has 0 aliphatic carbocycles. The summed E-state index contributed by atoms with van der Waals surface area (Å²) in [6.07, 6.45) is -6.57. The minimum Gasteiger partial charge on any atom is -0.445 e. The fourth-order valence-corrected chi connectivity index (χ4v) is 2.21. The predicted molar refractivity (Wildman–Crippen MR) is 70.8 cm³/mol. The highest BCUT2D eigenvalue weighted by Gasteiger charge is 2.62. The number of piperidine rings is 1. The number of alkyl carbamates (subject to hydrolysis) is 1. The second kappa shape index (κ2) is 6.25. The van der Waals surface area contributed by atoms with Crippen molar-refractivity contribution in [3.63, 3.8) is 0 Å². The fraction of sp³-hybridized carbons (Fsp3) is 0.429. The standard InChI is InChI=1S/C14H15F3N2O3/c15-14(16,17)13(7-4-8-18-11(13)20)19-12(21)22-9-10-5-2-1-3-6-10/h1-3,5-6H,4,7-9H2,(H,18,20)(H,19,21). The predicted octanol–water partition coefficient (Wildman–Crippen LogP) is 2.12. The third kappa shape index (κ3) is 3.32. The van der Waals surface area contributed by atoms with Gasteiger partial charge in [0.25, 0.3) is 5.91 Å². The van der Waals surface area contributed by atoms with Crippen molar-refractivity contribution in [1.29, 1.82) is 0 Å². The summed E-state index contributed by atoms with van der Waals surface area (Å²) in [4.78, 5) is 23.3. The summed E-state index contributed by atoms with van der Waals surface area (Å²) in [6, 6.07) is 8.51. The maximum absolute atomic E-state index is 13.2. The van der Waals surface area contributed by atoms with Crippen molar-refractivity contribution in [3.05, 3.63) is 35.9 Å². The lowest BCUT2D eigenvalue weighted by atomic mass is 9.88. The van der Waals surface area contributed by atoms with Gasteiger partial charge in [0.05, 0.1) is 0 Å². The molecule has 2 N–H and O–H groups in total. The molecule has 22 heavy (non-hydrogen) atoms. The molecule has 0 aromatic heterocycles. The molecule has 2 rings (SSSR count). The number of alkyl halides is 3. The van der Waals surface area contributed by atoms with Crippen molar-refractivity contribution >= 4 is 12.0 Å². The highest BCUT2D eigenvalue weighted by molar-refractivity contribution is 5.91. The van der Waals surface area contributed by atoms with Gasteiger partial charge in [0.2, 0.25) is 5.54 Å². The molecule has 2 amide bonds. The smallest absolute Gasteiger partial charge is 0.420 e. The second-order valence-corrected chi connectivity index (χ2v) is 4.95. The second-order valence-electron chi connectivity index (χ2n) is 4.95. The zero-order valence-corrected chi connectivity index (χ0v) is 11.6. The van der Waals surface area contributed by atoms with Crippen LogP contribution in [0.2, 0.25) is 0 Å². The van der Waals surface area contributed by atoms with Gasteiger partial charge in [0, 0.05) is 6.54 Å². The first-order valence-corrected chi connectivity index (χ1v) is 6.69. The van der Waals surface area contributed by atoms with Gasteiger partial charge in [-0.2, -0.15) is 13.2 Å². The van der Waals surface area contributed by atoms with Gasteiger partial charge in [-0.25, -0.2) is 4.79 Å². The molecule has 0 saturated carbocycles. The van der Waals surface area contributed by atoms with E-state index in [-0.39, 0.29) is 19.6 Å². The van der Waals surface area contributed by atoms with Crippen molar-refractivity contribution in [3.8, 4) is 0 Å². The Bertz CT molecular complexity index is 548. The number of nitrogens with one attached hydrogen (secondary N) is 2. The van der Waals surface area contributed by atoms with Crippen molar-refractivity contribution in [2.24, 2.45) is 0 Å². The van der Waals surface area contributed by atoms with Crippen LogP contribution in [0.4, 0.5) is 18.0 Å². The van der Waals surface area contributed by atoms with Crippen LogP contribution in [0.5, 0.6) is 0 Å². The molecule has 1 fully saturated rings. The van der Waals surface area contributed by atoms with E-state index in [1.165, 1.54) is 0 Å². The van der Waals surface area contributed by atoms with Crippen molar-refractivity contribution in [2.45, 2.75) is 31.2 Å². The van der Waals surface area contributed by atoms with Crippen LogP contribution in [0.3, 0.4) is 0 Å². The molecule has 8 heteroatoms. The fourth-order valence-electron chi connectivity index (χ4n) is 2.21. The number of rotatable bonds is 3. The van der Waals surface area contributed by atoms with Gasteiger partial charge in [-0.1, -0.05) is 30.3 Å². The SMILES string of the molecule is O=C(NC1(C(F)(F)F)CCCNC1=O)OCc1ccccc1. The minimum absolute atomic E-state index is 0.115. The first kappa shape index (κ1) is 16.1. The average molecular weight is 316 g/mol. The highest BCUT2D eigenvalue weighted by atomic mass is 19.4. The Balaban J connectivity index is 2.04. The lowest BCUT2D eigenvalue weighted by Crippen LogP contribution is -2.69. The highest BCUT2D eigenvalue weighted by Crippen LogP contribution is 2.36. The number of amides is 2. The maximum Gasteiger partial charge on any atom is 0.420 e. The maximum atomic E-state index is 13.2. The summed E-state index contributed by atoms with van der Waals surface area (Å²) in [5.41, 5.74) is -2.30. The molecule has 0 radical (unpaired) electrons. The molecule has 1 heterocycles. The summed E-state index contributed by atoms with van der Waals surface area (Å²) in [6.45, 7) is -0.0281. The van der Waals surface area contributed by atoms with E-state index in [4.69, 9.17) is 4.74 Å². The molecule has 1 aliphatic rings. The summed E-state index contributed by atoms with van der Waals surface area (Å²) in [7, 11) is 0. The first-order valence-electron chi connectivity index (χ1n) is 6.69. The lowest BCUT2D eigenvalue weighted by molar-refractivity contribution is -0.202. The number of carbonyl (C=O) groups is 2. The Morgan fingerprint density at radius 2 is 2.00 bits per heavy atom. The molecule has 1 aromatic carbocycles. The van der Waals surface area contributed by atoms with E-state index in [9.17, 15) is 22.8 Å². The third-order valence-electron chi connectivity index (χ3n) is 3.41. The molecule has 1 aliphatic heterocycles. The average Bonchev–Trinajstić information content (AvgIpc) is 2.47. The topological polar surface area (TPSA) is 67.4 Å². The van der Waals surface area contributed by atoms with E-state index >= 15 is 0 Å². The van der Waals surface area contributed by atoms with Gasteiger partial charge in [-0.05, 0) is 18.4 Å². The van der Waals surface area contributed by atoms with Gasteiger partial charge in [-0.3, -0.25) is 10.1 Å². The Morgan fingerprint density at radius 3 is 2.59 bits per heavy atom. The first-order chi connectivity index (χ1) is 10.3. The van der Waals surface area contributed by atoms with Gasteiger partial charge >= 0.3 is 12.3 Å². The van der Waals surface area contributed by atoms with Crippen LogP contribution in [0.1, 0.15) is 18.4 Å². The van der Waals surface area contributed by atoms with Gasteiger partial charge < -0.3 is 10.1 Å². The van der Waals surface area contributed by atoms with Crippen LogP contribution in [0, 0.1) is 0 Å². The van der Waals surface area contributed by atoms with E-state index in [1.54, 1.807) is 35.6 Å². The van der Waals surface area contributed by atoms with Crippen LogP contribution < -0.4 is 10.6 Å². The Hall–Kier alpha value is -2.25. The van der Waals surface area contributed by atoms with Crippen LogP contribution in [-0.2, 0) is 16.1 Å². The summed E-state index contributed by atoms with van der Waals surface area (Å²) >= 11 is 0. The molecule has 0 bridgehead atoms. The number of benzene rings is 1. The largest absolute Gasteiger partial charge is 0.445 e. The molecule has 1 aromatic rings. The Kier molecular flexibility index (Phi) is 4.58. The van der Waals surface area contributed by atoms with Crippen LogP contribution in [-0.4, -0.2) is 30.3 Å². The molecule has 120 valence electrons. The van der Waals surface area contributed by atoms with E-state index in [0.29, 0.717) is 5.56 Å². The molecular formula is C14H15F3N2O3. The van der Waals surface area contributed by atoms with Gasteiger partial charge in [-0.15, -0.1) is 0 Å². The summed E-state index contributed by atoms with van der Waals surface area (Å²) in [5, 5.41) is 3.82. The zero-order valence-electron chi connectivity index (χ0n) is 11.6. The van der Waals surface area contributed by atoms with Gasteiger partial charge in [0.15, 0.2) is 0 Å². The van der Waals surface area contributed by atoms with Gasteiger partial charge in [0.1, 0.15) is 6.61 Å². The van der Waals surface area contributed by atoms with Crippen LogP contribution in [0.15, 0.2) is 30.3 Å². The normalized spacial score (nSPS) is 21.9. The quantitative estimate of drug-likeness (QED) is 0.897. The van der Waals surface area contributed by atoms with Crippen molar-refractivity contribution in [2.75, 3.05) is 6.54 Å². The van der Waals surface area contributed by atoms with Crippen LogP contribution in [0.25, 0.3) is 0 Å². The molecule has 0 spiro atoms. The van der Waals surface area contributed by atoms with E-state index < -0.39 is 30.1 Å². The van der Waals surface area contributed by atoms with Crippen molar-refractivity contribution in [1.82, 2.24) is 10.6 Å². The van der Waals surface area contributed by atoms with Crippen LogP contribution >= 0.6 is 0 Å².